The van der Waals surface area contributed by atoms with Crippen LogP contribution >= 0.6 is 0 Å². The third kappa shape index (κ3) is 2.54. The largest absolute Gasteiger partial charge is 0.560 e. The lowest BCUT2D eigenvalue weighted by molar-refractivity contribution is -0.137. The van der Waals surface area contributed by atoms with Crippen LogP contribution in [0.3, 0.4) is 0 Å². The van der Waals surface area contributed by atoms with Crippen molar-refractivity contribution in [1.82, 2.24) is 0 Å². The topological polar surface area (TPSA) is 29.5 Å². The van der Waals surface area contributed by atoms with Crippen molar-refractivity contribution in [3.63, 3.8) is 0 Å². The quantitative estimate of drug-likeness (QED) is 0.818. The Balaban J connectivity index is 2.12. The lowest BCUT2D eigenvalue weighted by atomic mass is 9.71. The summed E-state index contributed by atoms with van der Waals surface area (Å²) < 4.78 is 43.4. The van der Waals surface area contributed by atoms with Gasteiger partial charge in [0.15, 0.2) is 0 Å². The number of hydrogen-bond donors (Lipinski definition) is 1. The number of halogens is 3. The minimum atomic E-state index is -4.46. The van der Waals surface area contributed by atoms with Crippen molar-refractivity contribution in [2.45, 2.75) is 6.18 Å². The molecule has 0 aliphatic carbocycles. The van der Waals surface area contributed by atoms with E-state index in [-0.39, 0.29) is 5.46 Å². The maximum Gasteiger partial charge on any atom is 0.560 e. The van der Waals surface area contributed by atoms with Crippen LogP contribution in [0.2, 0.25) is 0 Å². The molecule has 0 radical (unpaired) electrons. The molecule has 0 saturated heterocycles. The van der Waals surface area contributed by atoms with E-state index in [1.165, 1.54) is 12.3 Å². The molecule has 1 N–H and O–H groups in total. The Morgan fingerprint density at radius 3 is 2.38 bits per heavy atom. The monoisotopic (exact) mass is 290 g/mol. The highest BCUT2D eigenvalue weighted by atomic mass is 19.4. The van der Waals surface area contributed by atoms with Crippen molar-refractivity contribution in [2.24, 2.45) is 0 Å². The highest BCUT2D eigenvalue weighted by Gasteiger charge is 2.35. The molecular formula is C15H10BF3O2. The van der Waals surface area contributed by atoms with Gasteiger partial charge in [0.1, 0.15) is 0 Å². The van der Waals surface area contributed by atoms with Crippen LogP contribution in [-0.4, -0.2) is 12.1 Å². The minimum Gasteiger partial charge on any atom is -0.538 e. The van der Waals surface area contributed by atoms with Gasteiger partial charge in [0.25, 0.3) is 0 Å². The number of fused-ring (bicyclic) bond motifs is 1. The molecule has 0 fully saturated rings. The predicted molar refractivity (Wildman–Crippen MR) is 73.7 cm³/mol. The summed E-state index contributed by atoms with van der Waals surface area (Å²) in [5.74, 6) is 0. The molecule has 0 aromatic heterocycles. The van der Waals surface area contributed by atoms with Gasteiger partial charge in [0.2, 0.25) is 0 Å². The molecule has 2 aromatic carbocycles. The van der Waals surface area contributed by atoms with Crippen LogP contribution in [0.15, 0.2) is 54.8 Å². The summed E-state index contributed by atoms with van der Waals surface area (Å²) in [5, 5.41) is 9.78. The van der Waals surface area contributed by atoms with Gasteiger partial charge in [-0.15, -0.1) is 0 Å². The molecule has 0 bridgehead atoms. The summed E-state index contributed by atoms with van der Waals surface area (Å²) >= 11 is 0. The van der Waals surface area contributed by atoms with E-state index in [2.05, 4.69) is 0 Å². The molecule has 2 aromatic rings. The van der Waals surface area contributed by atoms with Crippen molar-refractivity contribution in [1.29, 1.82) is 0 Å². The Hall–Kier alpha value is -2.21. The van der Waals surface area contributed by atoms with E-state index < -0.39 is 18.9 Å². The second-order valence-electron chi connectivity index (χ2n) is 4.69. The first-order valence-corrected chi connectivity index (χ1v) is 6.27. The van der Waals surface area contributed by atoms with Crippen LogP contribution in [0.5, 0.6) is 0 Å². The molecule has 0 amide bonds. The Morgan fingerprint density at radius 1 is 1.00 bits per heavy atom. The van der Waals surface area contributed by atoms with Gasteiger partial charge in [-0.2, -0.15) is 13.2 Å². The molecule has 1 aliphatic heterocycles. The first-order chi connectivity index (χ1) is 9.97. The van der Waals surface area contributed by atoms with Gasteiger partial charge in [-0.05, 0) is 23.3 Å². The molecule has 0 spiro atoms. The maximum absolute atomic E-state index is 12.8. The fourth-order valence-corrected chi connectivity index (χ4v) is 2.30. The second kappa shape index (κ2) is 4.97. The molecule has 1 aliphatic rings. The van der Waals surface area contributed by atoms with Gasteiger partial charge in [0, 0.05) is 11.0 Å². The van der Waals surface area contributed by atoms with Crippen molar-refractivity contribution in [3.05, 3.63) is 71.5 Å². The van der Waals surface area contributed by atoms with E-state index in [0.717, 1.165) is 17.7 Å². The molecule has 21 heavy (non-hydrogen) atoms. The van der Waals surface area contributed by atoms with Gasteiger partial charge in [-0.1, -0.05) is 36.4 Å². The lowest BCUT2D eigenvalue weighted by Crippen LogP contribution is -2.38. The van der Waals surface area contributed by atoms with Gasteiger partial charge >= 0.3 is 13.3 Å². The van der Waals surface area contributed by atoms with Gasteiger partial charge in [0.05, 0.1) is 11.8 Å². The first-order valence-electron chi connectivity index (χ1n) is 6.27. The first kappa shape index (κ1) is 13.8. The highest BCUT2D eigenvalue weighted by Crippen LogP contribution is 2.32. The molecule has 1 heterocycles. The average molecular weight is 290 g/mol. The zero-order chi connectivity index (χ0) is 15.0. The molecule has 0 atom stereocenters. The summed E-state index contributed by atoms with van der Waals surface area (Å²) in [7, 11) is -1.39. The summed E-state index contributed by atoms with van der Waals surface area (Å²) in [6.45, 7) is 0. The maximum atomic E-state index is 12.8. The van der Waals surface area contributed by atoms with Crippen molar-refractivity contribution < 1.29 is 22.8 Å². The van der Waals surface area contributed by atoms with E-state index in [0.29, 0.717) is 11.1 Å². The van der Waals surface area contributed by atoms with Crippen LogP contribution < -0.4 is 5.46 Å². The SMILES string of the molecule is OB1OC=C(c2ccccc2)c2ccc(C(F)(F)F)cc21. The standard InChI is InChI=1S/C15H10BF3O2/c17-15(18,19)11-6-7-12-13(10-4-2-1-3-5-10)9-21-16(20)14(12)8-11/h1-9,20H. The van der Waals surface area contributed by atoms with Crippen molar-refractivity contribution >= 4 is 18.2 Å². The Labute approximate surface area is 119 Å². The van der Waals surface area contributed by atoms with E-state index in [9.17, 15) is 18.2 Å². The van der Waals surface area contributed by atoms with Crippen LogP contribution in [-0.2, 0) is 10.8 Å². The Morgan fingerprint density at radius 2 is 1.71 bits per heavy atom. The average Bonchev–Trinajstić information content (AvgIpc) is 2.47. The Bertz CT molecular complexity index is 696. The summed E-state index contributed by atoms with van der Waals surface area (Å²) in [6.07, 6.45) is -3.08. The second-order valence-corrected chi connectivity index (χ2v) is 4.69. The number of benzene rings is 2. The minimum absolute atomic E-state index is 0.117. The molecule has 106 valence electrons. The third-order valence-corrected chi connectivity index (χ3v) is 3.33. The predicted octanol–water partition coefficient (Wildman–Crippen LogP) is 2.81. The summed E-state index contributed by atoms with van der Waals surface area (Å²) in [5.41, 5.74) is 1.30. The van der Waals surface area contributed by atoms with Crippen LogP contribution in [0, 0.1) is 0 Å². The zero-order valence-electron chi connectivity index (χ0n) is 10.8. The number of rotatable bonds is 1. The number of hydrogen-bond acceptors (Lipinski definition) is 2. The summed E-state index contributed by atoms with van der Waals surface area (Å²) in [6, 6.07) is 12.4. The fourth-order valence-electron chi connectivity index (χ4n) is 2.30. The number of alkyl halides is 3. The third-order valence-electron chi connectivity index (χ3n) is 3.33. The molecule has 0 unspecified atom stereocenters. The molecule has 2 nitrogen and oxygen atoms in total. The van der Waals surface area contributed by atoms with Gasteiger partial charge in [-0.3, -0.25) is 0 Å². The lowest BCUT2D eigenvalue weighted by Gasteiger charge is -2.21. The van der Waals surface area contributed by atoms with Crippen LogP contribution in [0.25, 0.3) is 5.57 Å². The van der Waals surface area contributed by atoms with Gasteiger partial charge < -0.3 is 9.68 Å². The van der Waals surface area contributed by atoms with Gasteiger partial charge in [-0.25, -0.2) is 0 Å². The molecular weight excluding hydrogens is 280 g/mol. The van der Waals surface area contributed by atoms with E-state index in [1.807, 2.05) is 30.3 Å². The van der Waals surface area contributed by atoms with E-state index in [1.54, 1.807) is 0 Å². The van der Waals surface area contributed by atoms with Crippen molar-refractivity contribution in [2.75, 3.05) is 0 Å². The zero-order valence-corrected chi connectivity index (χ0v) is 10.8. The van der Waals surface area contributed by atoms with Crippen LogP contribution in [0.1, 0.15) is 16.7 Å². The van der Waals surface area contributed by atoms with Crippen molar-refractivity contribution in [3.8, 4) is 0 Å². The fraction of sp³-hybridized carbons (Fsp3) is 0.0667. The summed E-state index contributed by atoms with van der Waals surface area (Å²) in [4.78, 5) is 0. The smallest absolute Gasteiger partial charge is 0.538 e. The molecule has 3 rings (SSSR count). The molecule has 6 heteroatoms. The normalized spacial score (nSPS) is 14.3. The van der Waals surface area contributed by atoms with Crippen LogP contribution in [0.4, 0.5) is 13.2 Å². The van der Waals surface area contributed by atoms with E-state index >= 15 is 0 Å². The highest BCUT2D eigenvalue weighted by molar-refractivity contribution is 6.62. The Kier molecular flexibility index (Phi) is 3.25. The van der Waals surface area contributed by atoms with E-state index in [4.69, 9.17) is 4.65 Å². The molecule has 0 saturated carbocycles.